The van der Waals surface area contributed by atoms with E-state index in [0.717, 1.165) is 6.54 Å². The van der Waals surface area contributed by atoms with Crippen molar-refractivity contribution in [2.24, 2.45) is 0 Å². The van der Waals surface area contributed by atoms with Gasteiger partial charge >= 0.3 is 0 Å². The van der Waals surface area contributed by atoms with Crippen molar-refractivity contribution in [2.75, 3.05) is 6.54 Å². The van der Waals surface area contributed by atoms with Crippen LogP contribution in [0.2, 0.25) is 0 Å². The summed E-state index contributed by atoms with van der Waals surface area (Å²) in [5.74, 6) is 0. The summed E-state index contributed by atoms with van der Waals surface area (Å²) in [6.07, 6.45) is 1.17. The van der Waals surface area contributed by atoms with Crippen molar-refractivity contribution < 1.29 is 0 Å². The quantitative estimate of drug-likeness (QED) is 0.723. The van der Waals surface area contributed by atoms with Gasteiger partial charge in [0.05, 0.1) is 4.21 Å². The zero-order valence-corrected chi connectivity index (χ0v) is 13.1. The zero-order chi connectivity index (χ0) is 13.5. The van der Waals surface area contributed by atoms with Crippen molar-refractivity contribution in [3.05, 3.63) is 53.4 Å². The number of thiophene rings is 1. The van der Waals surface area contributed by atoms with Crippen molar-refractivity contribution >= 4 is 23.1 Å². The Kier molecular flexibility index (Phi) is 5.95. The summed E-state index contributed by atoms with van der Waals surface area (Å²) >= 11 is 3.78. The molecule has 1 aromatic carbocycles. The third-order valence-electron chi connectivity index (χ3n) is 3.04. The largest absolute Gasteiger partial charge is 0.309 e. The highest BCUT2D eigenvalue weighted by Crippen LogP contribution is 2.34. The van der Waals surface area contributed by atoms with Crippen LogP contribution in [0.5, 0.6) is 0 Å². The molecule has 1 N–H and O–H groups in total. The molecule has 2 atom stereocenters. The molecule has 0 aliphatic rings. The van der Waals surface area contributed by atoms with E-state index in [2.05, 4.69) is 67.0 Å². The van der Waals surface area contributed by atoms with Crippen LogP contribution in [-0.2, 0) is 0 Å². The maximum absolute atomic E-state index is 3.68. The number of rotatable bonds is 7. The van der Waals surface area contributed by atoms with Gasteiger partial charge in [0.2, 0.25) is 0 Å². The minimum atomic E-state index is 0.410. The fourth-order valence-corrected chi connectivity index (χ4v) is 4.30. The van der Waals surface area contributed by atoms with Gasteiger partial charge < -0.3 is 5.32 Å². The standard InChI is InChI=1S/C16H21NS2/c1-3-11-17-16(14-8-5-4-6-9-14)13(2)19-15-10-7-12-18-15/h4-10,12-13,16-17H,3,11H2,1-2H3. The highest BCUT2D eigenvalue weighted by molar-refractivity contribution is 8.01. The molecule has 1 heterocycles. The van der Waals surface area contributed by atoms with Crippen molar-refractivity contribution in [3.8, 4) is 0 Å². The second kappa shape index (κ2) is 7.73. The Morgan fingerprint density at radius 3 is 2.58 bits per heavy atom. The Hall–Kier alpha value is -0.770. The summed E-state index contributed by atoms with van der Waals surface area (Å²) in [5.41, 5.74) is 1.38. The first-order valence-electron chi connectivity index (χ1n) is 6.79. The van der Waals surface area contributed by atoms with E-state index in [-0.39, 0.29) is 0 Å². The highest BCUT2D eigenvalue weighted by Gasteiger charge is 2.19. The summed E-state index contributed by atoms with van der Waals surface area (Å²) < 4.78 is 1.40. The molecule has 3 heteroatoms. The SMILES string of the molecule is CCCNC(c1ccccc1)C(C)Sc1cccs1. The number of hydrogen-bond acceptors (Lipinski definition) is 3. The smallest absolute Gasteiger partial charge is 0.0601 e. The summed E-state index contributed by atoms with van der Waals surface area (Å²) in [5, 5.41) is 6.35. The van der Waals surface area contributed by atoms with E-state index >= 15 is 0 Å². The molecule has 0 saturated heterocycles. The Bertz CT molecular complexity index is 453. The van der Waals surface area contributed by atoms with Crippen LogP contribution in [0.3, 0.4) is 0 Å². The van der Waals surface area contributed by atoms with Gasteiger partial charge in [-0.25, -0.2) is 0 Å². The van der Waals surface area contributed by atoms with Crippen LogP contribution in [0, 0.1) is 0 Å². The first-order chi connectivity index (χ1) is 9.31. The van der Waals surface area contributed by atoms with Gasteiger partial charge in [-0.2, -0.15) is 0 Å². The molecule has 0 aliphatic carbocycles. The van der Waals surface area contributed by atoms with Crippen molar-refractivity contribution in [1.29, 1.82) is 0 Å². The van der Waals surface area contributed by atoms with Crippen LogP contribution in [0.15, 0.2) is 52.1 Å². The molecule has 19 heavy (non-hydrogen) atoms. The molecule has 0 bridgehead atoms. The number of nitrogens with one attached hydrogen (secondary N) is 1. The minimum Gasteiger partial charge on any atom is -0.309 e. The Morgan fingerprint density at radius 2 is 1.95 bits per heavy atom. The number of hydrogen-bond donors (Lipinski definition) is 1. The lowest BCUT2D eigenvalue weighted by molar-refractivity contribution is 0.528. The van der Waals surface area contributed by atoms with E-state index in [1.54, 1.807) is 0 Å². The minimum absolute atomic E-state index is 0.410. The number of thioether (sulfide) groups is 1. The van der Waals surface area contributed by atoms with E-state index in [0.29, 0.717) is 11.3 Å². The molecular formula is C16H21NS2. The molecule has 0 amide bonds. The molecule has 2 aromatic rings. The van der Waals surface area contributed by atoms with E-state index in [1.807, 2.05) is 23.1 Å². The van der Waals surface area contributed by atoms with E-state index in [1.165, 1.54) is 16.2 Å². The predicted octanol–water partition coefficient (Wildman–Crippen LogP) is 4.97. The molecule has 0 aliphatic heterocycles. The van der Waals surface area contributed by atoms with Crippen LogP contribution in [0.25, 0.3) is 0 Å². The van der Waals surface area contributed by atoms with E-state index in [9.17, 15) is 0 Å². The van der Waals surface area contributed by atoms with Crippen molar-refractivity contribution in [1.82, 2.24) is 5.32 Å². The lowest BCUT2D eigenvalue weighted by atomic mass is 10.0. The second-order valence-corrected chi connectivity index (χ2v) is 7.22. The summed E-state index contributed by atoms with van der Waals surface area (Å²) in [6.45, 7) is 5.59. The molecule has 0 radical (unpaired) electrons. The average molecular weight is 291 g/mol. The Labute approximate surface area is 124 Å². The highest BCUT2D eigenvalue weighted by atomic mass is 32.2. The van der Waals surface area contributed by atoms with Gasteiger partial charge in [0.15, 0.2) is 0 Å². The summed E-state index contributed by atoms with van der Waals surface area (Å²) in [4.78, 5) is 0. The van der Waals surface area contributed by atoms with Gasteiger partial charge in [-0.3, -0.25) is 0 Å². The first kappa shape index (κ1) is 14.6. The third-order valence-corrected chi connectivity index (χ3v) is 5.29. The molecule has 1 nitrogen and oxygen atoms in total. The predicted molar refractivity (Wildman–Crippen MR) is 87.1 cm³/mol. The Morgan fingerprint density at radius 1 is 1.16 bits per heavy atom. The lowest BCUT2D eigenvalue weighted by Gasteiger charge is -2.25. The van der Waals surface area contributed by atoms with Crippen LogP contribution < -0.4 is 5.32 Å². The molecule has 102 valence electrons. The molecule has 0 spiro atoms. The van der Waals surface area contributed by atoms with Gasteiger partial charge in [0.1, 0.15) is 0 Å². The van der Waals surface area contributed by atoms with Crippen LogP contribution in [0.4, 0.5) is 0 Å². The average Bonchev–Trinajstić information content (AvgIpc) is 2.93. The van der Waals surface area contributed by atoms with Crippen LogP contribution in [0.1, 0.15) is 31.9 Å². The lowest BCUT2D eigenvalue weighted by Crippen LogP contribution is -2.29. The fourth-order valence-electron chi connectivity index (χ4n) is 2.10. The Balaban J connectivity index is 2.08. The molecule has 0 fully saturated rings. The van der Waals surface area contributed by atoms with Crippen LogP contribution in [-0.4, -0.2) is 11.8 Å². The fraction of sp³-hybridized carbons (Fsp3) is 0.375. The van der Waals surface area contributed by atoms with E-state index < -0.39 is 0 Å². The van der Waals surface area contributed by atoms with Crippen LogP contribution >= 0.6 is 23.1 Å². The molecular weight excluding hydrogens is 270 g/mol. The van der Waals surface area contributed by atoms with Gasteiger partial charge in [-0.15, -0.1) is 23.1 Å². The van der Waals surface area contributed by atoms with E-state index in [4.69, 9.17) is 0 Å². The third kappa shape index (κ3) is 4.37. The van der Waals surface area contributed by atoms with Gasteiger partial charge in [-0.1, -0.05) is 50.2 Å². The second-order valence-electron chi connectivity index (χ2n) is 4.60. The topological polar surface area (TPSA) is 12.0 Å². The molecule has 0 saturated carbocycles. The maximum Gasteiger partial charge on any atom is 0.0601 e. The molecule has 2 unspecified atom stereocenters. The zero-order valence-electron chi connectivity index (χ0n) is 11.5. The monoisotopic (exact) mass is 291 g/mol. The molecule has 2 rings (SSSR count). The van der Waals surface area contributed by atoms with Crippen molar-refractivity contribution in [3.63, 3.8) is 0 Å². The molecule has 1 aromatic heterocycles. The summed E-state index contributed by atoms with van der Waals surface area (Å²) in [7, 11) is 0. The van der Waals surface area contributed by atoms with Gasteiger partial charge in [0.25, 0.3) is 0 Å². The number of benzene rings is 1. The van der Waals surface area contributed by atoms with Crippen molar-refractivity contribution in [2.45, 2.75) is 35.8 Å². The maximum atomic E-state index is 3.68. The first-order valence-corrected chi connectivity index (χ1v) is 8.55. The van der Waals surface area contributed by atoms with Gasteiger partial charge in [0, 0.05) is 11.3 Å². The summed E-state index contributed by atoms with van der Waals surface area (Å²) in [6, 6.07) is 15.5. The van der Waals surface area contributed by atoms with Gasteiger partial charge in [-0.05, 0) is 30.0 Å². The normalized spacial score (nSPS) is 14.2.